The molecule has 0 saturated heterocycles. The second-order valence-electron chi connectivity index (χ2n) is 21.5. The molecule has 0 aliphatic heterocycles. The van der Waals surface area contributed by atoms with Gasteiger partial charge in [-0.3, -0.25) is 0 Å². The molecule has 0 aliphatic carbocycles. The van der Waals surface area contributed by atoms with Crippen molar-refractivity contribution < 1.29 is 37.3 Å². The highest BCUT2D eigenvalue weighted by molar-refractivity contribution is 6.99. The van der Waals surface area contributed by atoms with E-state index >= 15 is 0 Å². The van der Waals surface area contributed by atoms with Crippen molar-refractivity contribution in [2.24, 2.45) is 5.92 Å². The van der Waals surface area contributed by atoms with Crippen LogP contribution in [0.4, 0.5) is 0 Å². The van der Waals surface area contributed by atoms with Gasteiger partial charge in [0.05, 0.1) is 31.5 Å². The van der Waals surface area contributed by atoms with Crippen LogP contribution in [0.2, 0.25) is 41.3 Å². The Balaban J connectivity index is 2.55. The molecule has 0 unspecified atom stereocenters. The third-order valence-electron chi connectivity index (χ3n) is 13.5. The van der Waals surface area contributed by atoms with Crippen LogP contribution in [0.1, 0.15) is 109 Å². The van der Waals surface area contributed by atoms with Crippen molar-refractivity contribution >= 4 is 35.3 Å². The molecule has 0 spiro atoms. The van der Waals surface area contributed by atoms with Crippen LogP contribution in [0.3, 0.4) is 0 Å². The highest BCUT2D eigenvalue weighted by Gasteiger charge is 2.51. The van der Waals surface area contributed by atoms with Crippen LogP contribution in [-0.4, -0.2) is 107 Å². The molecule has 0 aliphatic rings. The molecule has 63 heavy (non-hydrogen) atoms. The van der Waals surface area contributed by atoms with Crippen LogP contribution in [0.15, 0.2) is 84.5 Å². The minimum Gasteiger partial charge on any atom is -0.411 e. The van der Waals surface area contributed by atoms with E-state index in [2.05, 4.69) is 176 Å². The highest BCUT2D eigenvalue weighted by Crippen LogP contribution is 2.41. The zero-order valence-electron chi connectivity index (χ0n) is 43.3. The van der Waals surface area contributed by atoms with Gasteiger partial charge in [0.15, 0.2) is 16.6 Å². The van der Waals surface area contributed by atoms with Gasteiger partial charge in [-0.15, -0.1) is 0 Å². The number of benzene rings is 2. The van der Waals surface area contributed by atoms with Crippen LogP contribution in [0, 0.1) is 5.92 Å². The van der Waals surface area contributed by atoms with Crippen LogP contribution in [-0.2, 0) is 32.2 Å². The maximum atomic E-state index is 12.1. The highest BCUT2D eigenvalue weighted by atomic mass is 28.4. The molecule has 0 saturated carbocycles. The number of hydrogen-bond acceptors (Lipinski definition) is 8. The molecule has 0 radical (unpaired) electrons. The normalized spacial score (nSPS) is 17.4. The summed E-state index contributed by atoms with van der Waals surface area (Å²) in [6, 6.07) is 21.5. The van der Waals surface area contributed by atoms with Gasteiger partial charge >= 0.3 is 0 Å². The summed E-state index contributed by atoms with van der Waals surface area (Å²) in [5.41, 5.74) is 1.05. The molecule has 0 fully saturated rings. The molecule has 11 heteroatoms. The van der Waals surface area contributed by atoms with Gasteiger partial charge in [0.25, 0.3) is 8.32 Å². The molecule has 8 nitrogen and oxygen atoms in total. The lowest BCUT2D eigenvalue weighted by atomic mass is 9.96. The van der Waals surface area contributed by atoms with Gasteiger partial charge in [-0.05, 0) is 83.9 Å². The summed E-state index contributed by atoms with van der Waals surface area (Å²) in [5.74, 6) is -0.121. The van der Waals surface area contributed by atoms with Crippen LogP contribution in [0.25, 0.3) is 0 Å². The molecule has 2 aromatic rings. The smallest absolute Gasteiger partial charge is 0.261 e. The zero-order chi connectivity index (χ0) is 47.9. The monoisotopic (exact) mass is 929 g/mol. The maximum absolute atomic E-state index is 12.1. The van der Waals surface area contributed by atoms with E-state index in [4.69, 9.17) is 32.2 Å². The van der Waals surface area contributed by atoms with E-state index in [0.29, 0.717) is 32.8 Å². The van der Waals surface area contributed by atoms with Gasteiger partial charge in [-0.25, -0.2) is 0 Å². The number of aliphatic hydroxyl groups excluding tert-OH is 1. The fraction of sp³-hybridized carbons (Fsp3) is 0.692. The molecule has 2 rings (SSSR count). The molecule has 2 aromatic carbocycles. The number of hydrogen-bond donors (Lipinski definition) is 1. The molecule has 0 amide bonds. The van der Waals surface area contributed by atoms with Crippen LogP contribution in [0.5, 0.6) is 0 Å². The van der Waals surface area contributed by atoms with Gasteiger partial charge in [0, 0.05) is 33.4 Å². The standard InChI is InChI=1S/C52H92O8Si3/c1-20-29-46(59-61(16,17)50(5,6)7)47(54-14)38-40(3)45(57-37-36-56-21-2)35-28-34-44(53)49(55-15)48(60-62(18,19)51(8,9)10)41(4)39-58-63(52(11,12)13,42-30-24-22-25-31-42)43-32-26-23-27-33-43/h22-28,30-34,38,41,44-49,53H,20-21,29,35-37,39H2,1-19H3/b34-28+,40-38+/t41-,44+,45+,46+,47+,48+,49+/m1/s1. The topological polar surface area (TPSA) is 84.8 Å². The first kappa shape index (κ1) is 57.4. The van der Waals surface area contributed by atoms with Crippen LogP contribution >= 0.6 is 0 Å². The first-order chi connectivity index (χ1) is 29.2. The molecular formula is C52H92O8Si3. The van der Waals surface area contributed by atoms with E-state index in [1.807, 2.05) is 19.1 Å². The average molecular weight is 930 g/mol. The summed E-state index contributed by atoms with van der Waals surface area (Å²) >= 11 is 0. The van der Waals surface area contributed by atoms with Gasteiger partial charge in [-0.2, -0.15) is 0 Å². The quantitative estimate of drug-likeness (QED) is 0.0539. The lowest BCUT2D eigenvalue weighted by Crippen LogP contribution is -2.67. The minimum atomic E-state index is -2.84. The van der Waals surface area contributed by atoms with Crippen molar-refractivity contribution in [1.82, 2.24) is 0 Å². The first-order valence-electron chi connectivity index (χ1n) is 23.6. The van der Waals surface area contributed by atoms with Crippen molar-refractivity contribution in [2.45, 2.75) is 187 Å². The predicted molar refractivity (Wildman–Crippen MR) is 273 cm³/mol. The number of rotatable bonds is 27. The lowest BCUT2D eigenvalue weighted by molar-refractivity contribution is -0.0836. The summed E-state index contributed by atoms with van der Waals surface area (Å²) in [7, 11) is -3.82. The average Bonchev–Trinajstić information content (AvgIpc) is 3.20. The Bertz CT molecular complexity index is 1590. The van der Waals surface area contributed by atoms with Gasteiger partial charge in [0.1, 0.15) is 18.3 Å². The maximum Gasteiger partial charge on any atom is 0.261 e. The third-order valence-corrected chi connectivity index (χ3v) is 27.5. The van der Waals surface area contributed by atoms with E-state index in [9.17, 15) is 5.11 Å². The van der Waals surface area contributed by atoms with Crippen molar-refractivity contribution in [1.29, 1.82) is 0 Å². The molecule has 0 heterocycles. The minimum absolute atomic E-state index is 0.0647. The first-order valence-corrected chi connectivity index (χ1v) is 31.4. The van der Waals surface area contributed by atoms with E-state index in [1.54, 1.807) is 14.2 Å². The van der Waals surface area contributed by atoms with E-state index in [-0.39, 0.29) is 39.3 Å². The summed E-state index contributed by atoms with van der Waals surface area (Å²) in [6.07, 6.45) is 5.86. The van der Waals surface area contributed by atoms with Crippen LogP contribution < -0.4 is 10.4 Å². The van der Waals surface area contributed by atoms with E-state index in [1.165, 1.54) is 10.4 Å². The Labute approximate surface area is 389 Å². The summed E-state index contributed by atoms with van der Waals surface area (Å²) in [6.45, 7) is 40.1. The summed E-state index contributed by atoms with van der Waals surface area (Å²) in [5, 5.41) is 14.4. The molecule has 360 valence electrons. The zero-order valence-corrected chi connectivity index (χ0v) is 46.3. The fourth-order valence-corrected chi connectivity index (χ4v) is 15.1. The Morgan fingerprint density at radius 3 is 1.68 bits per heavy atom. The fourth-order valence-electron chi connectivity index (χ4n) is 7.66. The third kappa shape index (κ3) is 16.2. The summed E-state index contributed by atoms with van der Waals surface area (Å²) < 4.78 is 46.3. The van der Waals surface area contributed by atoms with E-state index in [0.717, 1.165) is 18.4 Å². The second-order valence-corrected chi connectivity index (χ2v) is 35.3. The summed E-state index contributed by atoms with van der Waals surface area (Å²) in [4.78, 5) is 0. The number of ether oxygens (including phenoxy) is 4. The Morgan fingerprint density at radius 2 is 1.24 bits per heavy atom. The van der Waals surface area contributed by atoms with Crippen molar-refractivity contribution in [3.05, 3.63) is 84.5 Å². The largest absolute Gasteiger partial charge is 0.411 e. The molecular weight excluding hydrogens is 837 g/mol. The van der Waals surface area contributed by atoms with Gasteiger partial charge < -0.3 is 37.3 Å². The van der Waals surface area contributed by atoms with E-state index < -0.39 is 43.3 Å². The lowest BCUT2D eigenvalue weighted by Gasteiger charge is -2.46. The predicted octanol–water partition coefficient (Wildman–Crippen LogP) is 11.5. The molecule has 0 aromatic heterocycles. The molecule has 0 bridgehead atoms. The molecule has 1 N–H and O–H groups in total. The van der Waals surface area contributed by atoms with Crippen molar-refractivity contribution in [3.63, 3.8) is 0 Å². The van der Waals surface area contributed by atoms with Crippen molar-refractivity contribution in [2.75, 3.05) is 40.6 Å². The Kier molecular flexibility index (Phi) is 23.1. The Hall–Kier alpha value is -1.75. The second kappa shape index (κ2) is 25.4. The van der Waals surface area contributed by atoms with Gasteiger partial charge in [0.2, 0.25) is 0 Å². The van der Waals surface area contributed by atoms with Crippen molar-refractivity contribution in [3.8, 4) is 0 Å². The SMILES string of the molecule is CCC[C@H](O[Si](C)(C)C(C)(C)C)[C@H](/C=C(\C)[C@H](C/C=C/[C@H](O)[C@H](OC)[C@@H](O[Si](C)(C)C(C)(C)C)[C@H](C)CO[Si](c1ccccc1)(c1ccccc1)C(C)(C)C)OCCOCC)OC. The number of aliphatic hydroxyl groups is 1. The van der Waals surface area contributed by atoms with Gasteiger partial charge in [-0.1, -0.05) is 161 Å². The molecule has 7 atom stereocenters. The Morgan fingerprint density at radius 1 is 0.714 bits per heavy atom. The number of methoxy groups -OCH3 is 2.